The summed E-state index contributed by atoms with van der Waals surface area (Å²) in [5.74, 6) is 0.666. The second-order valence-electron chi connectivity index (χ2n) is 4.68. The number of nitrogens with two attached hydrogens (primary N) is 1. The minimum Gasteiger partial charge on any atom is -0.397 e. The lowest BCUT2D eigenvalue weighted by atomic mass is 10.3. The fraction of sp³-hybridized carbons (Fsp3) is 0.500. The maximum Gasteiger partial charge on any atom is 0.268 e. The molecule has 0 saturated carbocycles. The van der Waals surface area contributed by atoms with Crippen LogP contribution in [0, 0.1) is 0 Å². The Morgan fingerprint density at radius 3 is 3.05 bits per heavy atom. The maximum absolute atomic E-state index is 12.0. The summed E-state index contributed by atoms with van der Waals surface area (Å²) >= 11 is 0. The van der Waals surface area contributed by atoms with Gasteiger partial charge in [-0.3, -0.25) is 9.79 Å². The van der Waals surface area contributed by atoms with Crippen molar-refractivity contribution in [2.75, 3.05) is 25.4 Å². The van der Waals surface area contributed by atoms with Gasteiger partial charge >= 0.3 is 0 Å². The van der Waals surface area contributed by atoms with Gasteiger partial charge in [0.25, 0.3) is 5.91 Å². The summed E-state index contributed by atoms with van der Waals surface area (Å²) in [5.41, 5.74) is 6.79. The molecule has 7 nitrogen and oxygen atoms in total. The van der Waals surface area contributed by atoms with E-state index in [0.29, 0.717) is 17.9 Å². The Balaban J connectivity index is 1.81. The van der Waals surface area contributed by atoms with Crippen molar-refractivity contribution in [3.63, 3.8) is 0 Å². The van der Waals surface area contributed by atoms with E-state index in [-0.39, 0.29) is 11.9 Å². The minimum absolute atomic E-state index is 0.103. The van der Waals surface area contributed by atoms with Gasteiger partial charge in [0.05, 0.1) is 12.2 Å². The smallest absolute Gasteiger partial charge is 0.268 e. The second kappa shape index (κ2) is 5.64. The maximum atomic E-state index is 12.0. The van der Waals surface area contributed by atoms with Gasteiger partial charge in [0, 0.05) is 32.4 Å². The number of hydrogen-bond donors (Lipinski definition) is 4. The van der Waals surface area contributed by atoms with E-state index in [2.05, 4.69) is 20.9 Å². The Kier molecular flexibility index (Phi) is 3.94. The van der Waals surface area contributed by atoms with E-state index >= 15 is 0 Å². The summed E-state index contributed by atoms with van der Waals surface area (Å²) in [6.45, 7) is 4.17. The lowest BCUT2D eigenvalue weighted by molar-refractivity contribution is 0.0943. The highest BCUT2D eigenvalue weighted by atomic mass is 16.1. The number of nitrogens with zero attached hydrogens (tertiary/aromatic N) is 2. The van der Waals surface area contributed by atoms with Gasteiger partial charge in [-0.15, -0.1) is 0 Å². The van der Waals surface area contributed by atoms with Gasteiger partial charge in [0.2, 0.25) is 0 Å². The highest BCUT2D eigenvalue weighted by Crippen LogP contribution is 2.08. The molecule has 0 fully saturated rings. The molecule has 104 valence electrons. The van der Waals surface area contributed by atoms with Crippen LogP contribution in [0.5, 0.6) is 0 Å². The van der Waals surface area contributed by atoms with Gasteiger partial charge in [-0.25, -0.2) is 0 Å². The molecule has 1 amide bonds. The van der Waals surface area contributed by atoms with E-state index in [1.807, 2.05) is 6.92 Å². The number of guanidine groups is 1. The van der Waals surface area contributed by atoms with Crippen molar-refractivity contribution in [1.82, 2.24) is 20.5 Å². The molecule has 0 aliphatic carbocycles. The zero-order chi connectivity index (χ0) is 13.8. The summed E-state index contributed by atoms with van der Waals surface area (Å²) in [6.07, 6.45) is 1.72. The van der Waals surface area contributed by atoms with Gasteiger partial charge in [0.1, 0.15) is 5.69 Å². The van der Waals surface area contributed by atoms with Crippen molar-refractivity contribution >= 4 is 17.6 Å². The summed E-state index contributed by atoms with van der Waals surface area (Å²) in [6, 6.07) is 1.77. The zero-order valence-electron chi connectivity index (χ0n) is 11.2. The van der Waals surface area contributed by atoms with E-state index in [4.69, 9.17) is 5.73 Å². The van der Waals surface area contributed by atoms with Crippen molar-refractivity contribution in [3.8, 4) is 0 Å². The average molecular weight is 264 g/mol. The molecule has 19 heavy (non-hydrogen) atoms. The van der Waals surface area contributed by atoms with Crippen molar-refractivity contribution in [3.05, 3.63) is 18.0 Å². The van der Waals surface area contributed by atoms with E-state index in [0.717, 1.165) is 19.0 Å². The van der Waals surface area contributed by atoms with Gasteiger partial charge in [-0.1, -0.05) is 0 Å². The first-order valence-electron chi connectivity index (χ1n) is 6.31. The Morgan fingerprint density at radius 2 is 2.47 bits per heavy atom. The summed E-state index contributed by atoms with van der Waals surface area (Å²) in [7, 11) is 1.80. The third-order valence-corrected chi connectivity index (χ3v) is 2.88. The normalized spacial score (nSPS) is 15.6. The van der Waals surface area contributed by atoms with Crippen LogP contribution in [-0.4, -0.2) is 42.1 Å². The first kappa shape index (κ1) is 13.3. The van der Waals surface area contributed by atoms with Gasteiger partial charge in [-0.2, -0.15) is 0 Å². The standard InChI is InChI=1S/C12H20N6O/c1-8(17-12-14-3-4-15-12)6-16-11(19)10-5-9(13)7-18(10)2/h5,7-8H,3-4,6,13H2,1-2H3,(H,16,19)(H2,14,15,17). The topological polar surface area (TPSA) is 96.5 Å². The predicted molar refractivity (Wildman–Crippen MR) is 75.1 cm³/mol. The molecular formula is C12H20N6O. The summed E-state index contributed by atoms with van der Waals surface area (Å²) in [5, 5.41) is 9.19. The third kappa shape index (κ3) is 3.40. The largest absolute Gasteiger partial charge is 0.397 e. The van der Waals surface area contributed by atoms with Crippen LogP contribution in [0.25, 0.3) is 0 Å². The average Bonchev–Trinajstić information content (AvgIpc) is 2.96. The highest BCUT2D eigenvalue weighted by molar-refractivity contribution is 5.93. The molecule has 1 aliphatic heterocycles. The van der Waals surface area contributed by atoms with Gasteiger partial charge < -0.3 is 26.3 Å². The van der Waals surface area contributed by atoms with Gasteiger partial charge in [-0.05, 0) is 13.0 Å². The number of carbonyl (C=O) groups excluding carboxylic acids is 1. The molecule has 1 aliphatic rings. The molecule has 5 N–H and O–H groups in total. The Morgan fingerprint density at radius 1 is 1.68 bits per heavy atom. The number of anilines is 1. The number of aromatic nitrogens is 1. The highest BCUT2D eigenvalue weighted by Gasteiger charge is 2.13. The Hall–Kier alpha value is -2.18. The SMILES string of the molecule is CC(CNC(=O)c1cc(N)cn1C)NC1=NCCN1. The number of aryl methyl sites for hydroxylation is 1. The predicted octanol–water partition coefficient (Wildman–Crippen LogP) is -0.726. The van der Waals surface area contributed by atoms with E-state index in [1.54, 1.807) is 23.9 Å². The van der Waals surface area contributed by atoms with Crippen LogP contribution in [0.1, 0.15) is 17.4 Å². The molecule has 1 unspecified atom stereocenters. The van der Waals surface area contributed by atoms with E-state index < -0.39 is 0 Å². The van der Waals surface area contributed by atoms with Gasteiger partial charge in [0.15, 0.2) is 5.96 Å². The molecular weight excluding hydrogens is 244 g/mol. The Labute approximate surface area is 112 Å². The summed E-state index contributed by atoms with van der Waals surface area (Å²) in [4.78, 5) is 16.2. The number of carbonyl (C=O) groups is 1. The molecule has 1 aromatic rings. The van der Waals surface area contributed by atoms with Crippen LogP contribution in [0.2, 0.25) is 0 Å². The molecule has 1 atom stereocenters. The molecule has 0 spiro atoms. The van der Waals surface area contributed by atoms with Crippen LogP contribution in [0.4, 0.5) is 5.69 Å². The fourth-order valence-electron chi connectivity index (χ4n) is 1.93. The lowest BCUT2D eigenvalue weighted by Crippen LogP contribution is -2.45. The fourth-order valence-corrected chi connectivity index (χ4v) is 1.93. The first-order valence-corrected chi connectivity index (χ1v) is 6.31. The van der Waals surface area contributed by atoms with Crippen molar-refractivity contribution in [1.29, 1.82) is 0 Å². The van der Waals surface area contributed by atoms with Crippen LogP contribution >= 0.6 is 0 Å². The number of nitrogen functional groups attached to an aromatic ring is 1. The minimum atomic E-state index is -0.130. The quantitative estimate of drug-likeness (QED) is 0.577. The monoisotopic (exact) mass is 264 g/mol. The number of nitrogens with one attached hydrogen (secondary N) is 3. The van der Waals surface area contributed by atoms with E-state index in [9.17, 15) is 4.79 Å². The zero-order valence-corrected chi connectivity index (χ0v) is 11.2. The number of amides is 1. The number of hydrogen-bond acceptors (Lipinski definition) is 5. The molecule has 2 heterocycles. The van der Waals surface area contributed by atoms with Crippen molar-refractivity contribution in [2.45, 2.75) is 13.0 Å². The van der Waals surface area contributed by atoms with Crippen LogP contribution < -0.4 is 21.7 Å². The number of aliphatic imine (C=N–C) groups is 1. The van der Waals surface area contributed by atoms with Crippen molar-refractivity contribution < 1.29 is 4.79 Å². The molecule has 1 aromatic heterocycles. The lowest BCUT2D eigenvalue weighted by Gasteiger charge is -2.16. The molecule has 0 bridgehead atoms. The molecule has 0 radical (unpaired) electrons. The van der Waals surface area contributed by atoms with Crippen LogP contribution in [0.3, 0.4) is 0 Å². The first-order chi connectivity index (χ1) is 9.06. The van der Waals surface area contributed by atoms with Crippen LogP contribution in [-0.2, 0) is 7.05 Å². The molecule has 0 saturated heterocycles. The molecule has 2 rings (SSSR count). The molecule has 7 heteroatoms. The second-order valence-corrected chi connectivity index (χ2v) is 4.68. The van der Waals surface area contributed by atoms with E-state index in [1.165, 1.54) is 0 Å². The Bertz CT molecular complexity index is 492. The van der Waals surface area contributed by atoms with Crippen molar-refractivity contribution in [2.24, 2.45) is 12.0 Å². The van der Waals surface area contributed by atoms with Crippen LogP contribution in [0.15, 0.2) is 17.3 Å². The molecule has 0 aromatic carbocycles. The summed E-state index contributed by atoms with van der Waals surface area (Å²) < 4.78 is 1.71. The number of rotatable bonds is 4. The third-order valence-electron chi connectivity index (χ3n) is 2.88.